The topological polar surface area (TPSA) is 12.0 Å². The Balaban J connectivity index is 2.00. The van der Waals surface area contributed by atoms with Gasteiger partial charge in [0.15, 0.2) is 0 Å². The monoisotopic (exact) mass is 365 g/mol. The first kappa shape index (κ1) is 14.4. The summed E-state index contributed by atoms with van der Waals surface area (Å²) in [6.07, 6.45) is 0. The van der Waals surface area contributed by atoms with Crippen LogP contribution < -0.4 is 5.32 Å². The van der Waals surface area contributed by atoms with Crippen LogP contribution in [0, 0.1) is 10.5 Å². The summed E-state index contributed by atoms with van der Waals surface area (Å²) in [6, 6.07) is 15.4. The summed E-state index contributed by atoms with van der Waals surface area (Å²) < 4.78 is 1.30. The van der Waals surface area contributed by atoms with Gasteiger partial charge in [0.25, 0.3) is 0 Å². The molecule has 0 fully saturated rings. The summed E-state index contributed by atoms with van der Waals surface area (Å²) >= 11 is 2.38. The van der Waals surface area contributed by atoms with Crippen molar-refractivity contribution in [2.45, 2.75) is 33.2 Å². The Morgan fingerprint density at radius 2 is 1.74 bits per heavy atom. The molecule has 0 saturated carbocycles. The Hall–Kier alpha value is -1.03. The fourth-order valence-electron chi connectivity index (χ4n) is 1.93. The summed E-state index contributed by atoms with van der Waals surface area (Å²) in [5, 5.41) is 3.47. The Morgan fingerprint density at radius 3 is 2.32 bits per heavy atom. The first-order chi connectivity index (χ1) is 9.06. The average molecular weight is 365 g/mol. The van der Waals surface area contributed by atoms with E-state index in [1.165, 1.54) is 25.9 Å². The fourth-order valence-corrected chi connectivity index (χ4v) is 2.44. The first-order valence-electron chi connectivity index (χ1n) is 6.65. The number of hydrogen-bond donors (Lipinski definition) is 1. The number of rotatable bonds is 4. The van der Waals surface area contributed by atoms with E-state index in [4.69, 9.17) is 0 Å². The molecule has 19 heavy (non-hydrogen) atoms. The van der Waals surface area contributed by atoms with Crippen molar-refractivity contribution in [2.24, 2.45) is 0 Å². The van der Waals surface area contributed by atoms with Gasteiger partial charge in [0, 0.05) is 15.8 Å². The zero-order chi connectivity index (χ0) is 13.8. The molecule has 0 radical (unpaired) electrons. The second kappa shape index (κ2) is 6.42. The molecule has 100 valence electrons. The van der Waals surface area contributed by atoms with Gasteiger partial charge < -0.3 is 5.32 Å². The van der Waals surface area contributed by atoms with Gasteiger partial charge in [0.05, 0.1) is 0 Å². The molecule has 2 aromatic rings. The maximum absolute atomic E-state index is 3.47. The van der Waals surface area contributed by atoms with Gasteiger partial charge in [-0.15, -0.1) is 0 Å². The molecule has 0 spiro atoms. The summed E-state index contributed by atoms with van der Waals surface area (Å²) in [5.74, 6) is 0.598. The maximum Gasteiger partial charge on any atom is 0.0400 e. The van der Waals surface area contributed by atoms with Crippen molar-refractivity contribution in [3.8, 4) is 0 Å². The smallest absolute Gasteiger partial charge is 0.0400 e. The van der Waals surface area contributed by atoms with Crippen LogP contribution in [0.4, 0.5) is 5.69 Å². The molecule has 0 aliphatic rings. The van der Waals surface area contributed by atoms with E-state index in [2.05, 4.69) is 91.1 Å². The molecule has 0 aromatic heterocycles. The molecule has 0 aliphatic heterocycles. The van der Waals surface area contributed by atoms with Gasteiger partial charge in [0.2, 0.25) is 0 Å². The summed E-state index contributed by atoms with van der Waals surface area (Å²) in [6.45, 7) is 7.46. The third kappa shape index (κ3) is 3.96. The van der Waals surface area contributed by atoms with Crippen molar-refractivity contribution < 1.29 is 0 Å². The number of aryl methyl sites for hydroxylation is 1. The standard InChI is InChI=1S/C17H20IN/c1-12(2)15-7-5-14(6-8-15)11-19-16-9-4-13(3)17(18)10-16/h4-10,12,19H,11H2,1-3H3. The van der Waals surface area contributed by atoms with E-state index in [1.807, 2.05) is 0 Å². The van der Waals surface area contributed by atoms with Crippen molar-refractivity contribution in [3.63, 3.8) is 0 Å². The molecule has 1 nitrogen and oxygen atoms in total. The summed E-state index contributed by atoms with van der Waals surface area (Å²) in [7, 11) is 0. The number of anilines is 1. The number of hydrogen-bond acceptors (Lipinski definition) is 1. The maximum atomic E-state index is 3.47. The molecular formula is C17H20IN. The molecule has 2 heteroatoms. The molecule has 1 N–H and O–H groups in total. The highest BCUT2D eigenvalue weighted by molar-refractivity contribution is 14.1. The SMILES string of the molecule is Cc1ccc(NCc2ccc(C(C)C)cc2)cc1I. The van der Waals surface area contributed by atoms with Gasteiger partial charge in [-0.1, -0.05) is 44.2 Å². The van der Waals surface area contributed by atoms with Gasteiger partial charge in [0.1, 0.15) is 0 Å². The third-order valence-corrected chi connectivity index (χ3v) is 4.48. The Morgan fingerprint density at radius 1 is 1.05 bits per heavy atom. The molecule has 0 unspecified atom stereocenters. The number of nitrogens with one attached hydrogen (secondary N) is 1. The number of benzene rings is 2. The van der Waals surface area contributed by atoms with E-state index >= 15 is 0 Å². The van der Waals surface area contributed by atoms with Crippen molar-refractivity contribution in [1.82, 2.24) is 0 Å². The minimum atomic E-state index is 0.598. The number of halogens is 1. The molecular weight excluding hydrogens is 345 g/mol. The quantitative estimate of drug-likeness (QED) is 0.722. The predicted octanol–water partition coefficient (Wildman–Crippen LogP) is 5.34. The molecule has 0 aliphatic carbocycles. The van der Waals surface area contributed by atoms with E-state index in [9.17, 15) is 0 Å². The molecule has 2 rings (SSSR count). The van der Waals surface area contributed by atoms with Gasteiger partial charge in [-0.25, -0.2) is 0 Å². The summed E-state index contributed by atoms with van der Waals surface area (Å²) in [5.41, 5.74) is 5.23. The van der Waals surface area contributed by atoms with Crippen LogP contribution in [0.5, 0.6) is 0 Å². The molecule has 0 atom stereocenters. The van der Waals surface area contributed by atoms with Gasteiger partial charge in [-0.2, -0.15) is 0 Å². The van der Waals surface area contributed by atoms with Crippen LogP contribution in [0.25, 0.3) is 0 Å². The van der Waals surface area contributed by atoms with Crippen molar-refractivity contribution in [1.29, 1.82) is 0 Å². The lowest BCUT2D eigenvalue weighted by atomic mass is 10.0. The second-order valence-corrected chi connectivity index (χ2v) is 6.38. The molecule has 0 saturated heterocycles. The molecule has 0 amide bonds. The highest BCUT2D eigenvalue weighted by atomic mass is 127. The van der Waals surface area contributed by atoms with Crippen LogP contribution in [0.1, 0.15) is 36.5 Å². The largest absolute Gasteiger partial charge is 0.381 e. The highest BCUT2D eigenvalue weighted by Gasteiger charge is 2.00. The van der Waals surface area contributed by atoms with Crippen LogP contribution in [0.3, 0.4) is 0 Å². The van der Waals surface area contributed by atoms with E-state index in [0.717, 1.165) is 6.54 Å². The average Bonchev–Trinajstić information content (AvgIpc) is 2.40. The highest BCUT2D eigenvalue weighted by Crippen LogP contribution is 2.19. The van der Waals surface area contributed by atoms with Crippen molar-refractivity contribution in [3.05, 3.63) is 62.7 Å². The van der Waals surface area contributed by atoms with Crippen LogP contribution in [0.2, 0.25) is 0 Å². The first-order valence-corrected chi connectivity index (χ1v) is 7.73. The van der Waals surface area contributed by atoms with Crippen LogP contribution in [-0.4, -0.2) is 0 Å². The van der Waals surface area contributed by atoms with Gasteiger partial charge in [-0.05, 0) is 64.3 Å². The van der Waals surface area contributed by atoms with E-state index < -0.39 is 0 Å². The normalized spacial score (nSPS) is 10.8. The van der Waals surface area contributed by atoms with Crippen LogP contribution in [-0.2, 0) is 6.54 Å². The van der Waals surface area contributed by atoms with Crippen molar-refractivity contribution >= 4 is 28.3 Å². The molecule has 2 aromatic carbocycles. The lowest BCUT2D eigenvalue weighted by Crippen LogP contribution is -2.00. The van der Waals surface area contributed by atoms with Crippen LogP contribution in [0.15, 0.2) is 42.5 Å². The molecule has 0 heterocycles. The summed E-state index contributed by atoms with van der Waals surface area (Å²) in [4.78, 5) is 0. The zero-order valence-corrected chi connectivity index (χ0v) is 13.9. The third-order valence-electron chi connectivity index (χ3n) is 3.31. The minimum Gasteiger partial charge on any atom is -0.381 e. The van der Waals surface area contributed by atoms with Gasteiger partial charge in [-0.3, -0.25) is 0 Å². The van der Waals surface area contributed by atoms with Crippen molar-refractivity contribution in [2.75, 3.05) is 5.32 Å². The van der Waals surface area contributed by atoms with E-state index in [-0.39, 0.29) is 0 Å². The lowest BCUT2D eigenvalue weighted by Gasteiger charge is -2.10. The zero-order valence-electron chi connectivity index (χ0n) is 11.7. The minimum absolute atomic E-state index is 0.598. The van der Waals surface area contributed by atoms with Crippen LogP contribution >= 0.6 is 22.6 Å². The molecule has 0 bridgehead atoms. The Kier molecular flexibility index (Phi) is 4.86. The fraction of sp³-hybridized carbons (Fsp3) is 0.294. The second-order valence-electron chi connectivity index (χ2n) is 5.21. The lowest BCUT2D eigenvalue weighted by molar-refractivity contribution is 0.865. The van der Waals surface area contributed by atoms with Gasteiger partial charge >= 0.3 is 0 Å². The Bertz CT molecular complexity index is 544. The van der Waals surface area contributed by atoms with E-state index in [1.54, 1.807) is 0 Å². The van der Waals surface area contributed by atoms with E-state index in [0.29, 0.717) is 5.92 Å². The predicted molar refractivity (Wildman–Crippen MR) is 91.8 cm³/mol. The Labute approximate surface area is 129 Å².